The number of hydrogen-bond acceptors (Lipinski definition) is 1. The summed E-state index contributed by atoms with van der Waals surface area (Å²) in [7, 11) is 0. The number of nitrogens with one attached hydrogen (secondary N) is 1. The maximum atomic E-state index is 3.83. The van der Waals surface area contributed by atoms with Gasteiger partial charge in [0, 0.05) is 18.2 Å². The van der Waals surface area contributed by atoms with Crippen LogP contribution in [0.1, 0.15) is 13.8 Å². The van der Waals surface area contributed by atoms with E-state index in [1.54, 1.807) is 0 Å². The summed E-state index contributed by atoms with van der Waals surface area (Å²) in [5.74, 6) is 0.380. The average Bonchev–Trinajstić information content (AvgIpc) is 1.87. The molecule has 0 amide bonds. The van der Waals surface area contributed by atoms with E-state index in [0.717, 1.165) is 12.2 Å². The maximum Gasteiger partial charge on any atom is 0.0129 e. The van der Waals surface area contributed by atoms with E-state index in [1.807, 2.05) is 6.08 Å². The predicted octanol–water partition coefficient (Wildman–Crippen LogP) is 1.93. The van der Waals surface area contributed by atoms with E-state index >= 15 is 0 Å². The molecule has 0 heterocycles. The number of hydrogen-bond donors (Lipinski definition) is 1. The first-order chi connectivity index (χ1) is 4.22. The van der Waals surface area contributed by atoms with Gasteiger partial charge in [-0.2, -0.15) is 0 Å². The van der Waals surface area contributed by atoms with Crippen molar-refractivity contribution in [3.8, 4) is 0 Å². The van der Waals surface area contributed by atoms with Gasteiger partial charge in [0.1, 0.15) is 0 Å². The van der Waals surface area contributed by atoms with Crippen LogP contribution in [0.15, 0.2) is 24.9 Å². The van der Waals surface area contributed by atoms with Crippen LogP contribution in [-0.2, 0) is 0 Å². The van der Waals surface area contributed by atoms with Crippen molar-refractivity contribution in [2.45, 2.75) is 13.8 Å². The Hall–Kier alpha value is -0.720. The quantitative estimate of drug-likeness (QED) is 0.566. The molecule has 0 saturated carbocycles. The summed E-state index contributed by atoms with van der Waals surface area (Å²) in [4.78, 5) is 0. The lowest BCUT2D eigenvalue weighted by Crippen LogP contribution is -2.15. The van der Waals surface area contributed by atoms with E-state index in [0.29, 0.717) is 5.92 Å². The van der Waals surface area contributed by atoms with Gasteiger partial charge in [-0.15, -0.1) is 6.58 Å². The third-order valence-electron chi connectivity index (χ3n) is 1.31. The molecular weight excluding hydrogens is 110 g/mol. The Kier molecular flexibility index (Phi) is 3.85. The third-order valence-corrected chi connectivity index (χ3v) is 1.31. The van der Waals surface area contributed by atoms with E-state index < -0.39 is 0 Å². The van der Waals surface area contributed by atoms with Crippen LogP contribution in [0, 0.1) is 5.92 Å². The van der Waals surface area contributed by atoms with Crippen molar-refractivity contribution in [2.24, 2.45) is 5.92 Å². The van der Waals surface area contributed by atoms with E-state index in [-0.39, 0.29) is 0 Å². The van der Waals surface area contributed by atoms with Gasteiger partial charge in [-0.3, -0.25) is 0 Å². The molecule has 0 spiro atoms. The second-order valence-electron chi connectivity index (χ2n) is 2.08. The molecule has 0 unspecified atom stereocenters. The molecular formula is C8H15N. The summed E-state index contributed by atoms with van der Waals surface area (Å²) >= 11 is 0. The highest BCUT2D eigenvalue weighted by atomic mass is 14.9. The van der Waals surface area contributed by atoms with Gasteiger partial charge in [-0.05, 0) is 6.92 Å². The zero-order valence-electron chi connectivity index (χ0n) is 6.28. The monoisotopic (exact) mass is 125 g/mol. The van der Waals surface area contributed by atoms with Gasteiger partial charge >= 0.3 is 0 Å². The molecule has 0 fully saturated rings. The van der Waals surface area contributed by atoms with Gasteiger partial charge in [0.05, 0.1) is 0 Å². The molecule has 1 heteroatoms. The Morgan fingerprint density at radius 3 is 2.67 bits per heavy atom. The van der Waals surface area contributed by atoms with Gasteiger partial charge in [-0.25, -0.2) is 0 Å². The topological polar surface area (TPSA) is 12.0 Å². The van der Waals surface area contributed by atoms with Crippen LogP contribution in [-0.4, -0.2) is 6.54 Å². The van der Waals surface area contributed by atoms with Crippen LogP contribution in [0.4, 0.5) is 0 Å². The Balaban J connectivity index is 3.58. The van der Waals surface area contributed by atoms with Crippen LogP contribution in [0.2, 0.25) is 0 Å². The zero-order valence-corrected chi connectivity index (χ0v) is 6.28. The third kappa shape index (κ3) is 2.96. The molecule has 9 heavy (non-hydrogen) atoms. The fourth-order valence-electron chi connectivity index (χ4n) is 0.530. The van der Waals surface area contributed by atoms with Gasteiger partial charge in [0.15, 0.2) is 0 Å². The Bertz CT molecular complexity index is 105. The first-order valence-corrected chi connectivity index (χ1v) is 3.27. The van der Waals surface area contributed by atoms with E-state index in [4.69, 9.17) is 0 Å². The van der Waals surface area contributed by atoms with Gasteiger partial charge in [0.2, 0.25) is 0 Å². The molecule has 1 nitrogen and oxygen atoms in total. The standard InChI is InChI=1S/C8H15N/c1-5-7(3)8(4)9-6-2/h5,7,9H,1,4,6H2,2-3H3/t7-/m1/s1. The largest absolute Gasteiger partial charge is 0.389 e. The van der Waals surface area contributed by atoms with Crippen LogP contribution in [0.5, 0.6) is 0 Å². The molecule has 0 aromatic heterocycles. The lowest BCUT2D eigenvalue weighted by molar-refractivity contribution is 0.724. The minimum absolute atomic E-state index is 0.380. The first-order valence-electron chi connectivity index (χ1n) is 3.27. The van der Waals surface area contributed by atoms with Crippen molar-refractivity contribution in [1.82, 2.24) is 5.32 Å². The summed E-state index contributed by atoms with van der Waals surface area (Å²) in [5, 5.41) is 3.13. The summed E-state index contributed by atoms with van der Waals surface area (Å²) < 4.78 is 0. The summed E-state index contributed by atoms with van der Waals surface area (Å²) in [6.45, 7) is 12.6. The molecule has 0 bridgehead atoms. The smallest absolute Gasteiger partial charge is 0.0129 e. The summed E-state index contributed by atoms with van der Waals surface area (Å²) in [6.07, 6.45) is 1.88. The van der Waals surface area contributed by atoms with E-state index in [9.17, 15) is 0 Å². The van der Waals surface area contributed by atoms with E-state index in [1.165, 1.54) is 0 Å². The molecule has 0 aliphatic carbocycles. The highest BCUT2D eigenvalue weighted by Crippen LogP contribution is 2.03. The van der Waals surface area contributed by atoms with Gasteiger partial charge in [-0.1, -0.05) is 19.6 Å². The molecule has 0 radical (unpaired) electrons. The van der Waals surface area contributed by atoms with Crippen molar-refractivity contribution >= 4 is 0 Å². The van der Waals surface area contributed by atoms with Crippen LogP contribution >= 0.6 is 0 Å². The minimum Gasteiger partial charge on any atom is -0.389 e. The Morgan fingerprint density at radius 1 is 1.78 bits per heavy atom. The fourth-order valence-corrected chi connectivity index (χ4v) is 0.530. The summed E-state index contributed by atoms with van der Waals surface area (Å²) in [6, 6.07) is 0. The molecule has 52 valence electrons. The van der Waals surface area contributed by atoms with Crippen molar-refractivity contribution in [3.05, 3.63) is 24.9 Å². The molecule has 0 rings (SSSR count). The molecule has 0 aromatic rings. The zero-order chi connectivity index (χ0) is 7.28. The molecule has 1 atom stereocenters. The van der Waals surface area contributed by atoms with Crippen LogP contribution in [0.25, 0.3) is 0 Å². The molecule has 0 aromatic carbocycles. The normalized spacial score (nSPS) is 12.2. The maximum absolute atomic E-state index is 3.83. The van der Waals surface area contributed by atoms with Crippen molar-refractivity contribution < 1.29 is 0 Å². The van der Waals surface area contributed by atoms with Gasteiger partial charge < -0.3 is 5.32 Å². The van der Waals surface area contributed by atoms with E-state index in [2.05, 4.69) is 32.3 Å². The molecule has 0 aliphatic heterocycles. The number of allylic oxidation sites excluding steroid dienone is 1. The van der Waals surface area contributed by atoms with Crippen molar-refractivity contribution in [1.29, 1.82) is 0 Å². The van der Waals surface area contributed by atoms with Crippen molar-refractivity contribution in [3.63, 3.8) is 0 Å². The minimum atomic E-state index is 0.380. The highest BCUT2D eigenvalue weighted by Gasteiger charge is 1.97. The fraction of sp³-hybridized carbons (Fsp3) is 0.500. The first kappa shape index (κ1) is 8.28. The molecule has 1 N–H and O–H groups in total. The molecule has 0 saturated heterocycles. The van der Waals surface area contributed by atoms with Gasteiger partial charge in [0.25, 0.3) is 0 Å². The van der Waals surface area contributed by atoms with Crippen LogP contribution in [0.3, 0.4) is 0 Å². The second kappa shape index (κ2) is 4.19. The lowest BCUT2D eigenvalue weighted by atomic mass is 10.1. The highest BCUT2D eigenvalue weighted by molar-refractivity contribution is 5.03. The second-order valence-corrected chi connectivity index (χ2v) is 2.08. The SMILES string of the molecule is C=C[C@@H](C)C(=C)NCC. The Labute approximate surface area is 57.5 Å². The predicted molar refractivity (Wildman–Crippen MR) is 42.2 cm³/mol. The van der Waals surface area contributed by atoms with Crippen molar-refractivity contribution in [2.75, 3.05) is 6.54 Å². The van der Waals surface area contributed by atoms with Crippen LogP contribution < -0.4 is 5.32 Å². The lowest BCUT2D eigenvalue weighted by Gasteiger charge is -2.10. The Morgan fingerprint density at radius 2 is 2.33 bits per heavy atom. The number of rotatable bonds is 4. The summed E-state index contributed by atoms with van der Waals surface area (Å²) in [5.41, 5.74) is 1.05. The average molecular weight is 125 g/mol. The molecule has 0 aliphatic rings.